The van der Waals surface area contributed by atoms with Crippen LogP contribution < -0.4 is 4.72 Å². The second-order valence-corrected chi connectivity index (χ2v) is 10.4. The van der Waals surface area contributed by atoms with E-state index in [0.717, 1.165) is 24.8 Å². The number of hydrogen-bond acceptors (Lipinski definition) is 4. The van der Waals surface area contributed by atoms with E-state index in [2.05, 4.69) is 4.72 Å². The van der Waals surface area contributed by atoms with Crippen LogP contribution in [0.2, 0.25) is 0 Å². The maximum atomic E-state index is 12.9. The van der Waals surface area contributed by atoms with Crippen molar-refractivity contribution in [3.63, 3.8) is 0 Å². The summed E-state index contributed by atoms with van der Waals surface area (Å²) in [6, 6.07) is 5.92. The van der Waals surface area contributed by atoms with E-state index in [0.29, 0.717) is 17.8 Å². The van der Waals surface area contributed by atoms with Gasteiger partial charge in [-0.1, -0.05) is 17.7 Å². The minimum atomic E-state index is -3.78. The number of methoxy groups -OCH3 is 1. The minimum Gasteiger partial charge on any atom is -0.468 e. The van der Waals surface area contributed by atoms with Gasteiger partial charge < -0.3 is 4.74 Å². The Morgan fingerprint density at radius 2 is 1.58 bits per heavy atom. The van der Waals surface area contributed by atoms with Crippen molar-refractivity contribution in [3.8, 4) is 0 Å². The molecule has 0 radical (unpaired) electrons. The van der Waals surface area contributed by atoms with E-state index in [-0.39, 0.29) is 10.3 Å². The molecule has 4 fully saturated rings. The van der Waals surface area contributed by atoms with Crippen molar-refractivity contribution in [1.29, 1.82) is 0 Å². The number of benzene rings is 1. The van der Waals surface area contributed by atoms with Gasteiger partial charge in [0.15, 0.2) is 0 Å². The van der Waals surface area contributed by atoms with Crippen molar-refractivity contribution in [1.82, 2.24) is 4.72 Å². The van der Waals surface area contributed by atoms with E-state index in [1.807, 2.05) is 6.92 Å². The number of carbonyl (C=O) groups excluding carboxylic acids is 1. The predicted octanol–water partition coefficient (Wildman–Crippen LogP) is 3.03. The second-order valence-electron chi connectivity index (χ2n) is 8.67. The van der Waals surface area contributed by atoms with Crippen LogP contribution >= 0.6 is 0 Å². The van der Waals surface area contributed by atoms with Gasteiger partial charge in [-0.25, -0.2) is 8.42 Å². The first-order chi connectivity index (χ1) is 12.3. The van der Waals surface area contributed by atoms with Crippen LogP contribution in [0.3, 0.4) is 0 Å². The van der Waals surface area contributed by atoms with Gasteiger partial charge in [-0.05, 0) is 80.8 Å². The Hall–Kier alpha value is -1.40. The summed E-state index contributed by atoms with van der Waals surface area (Å²) in [7, 11) is -2.43. The Labute approximate surface area is 155 Å². The maximum Gasteiger partial charge on any atom is 0.324 e. The van der Waals surface area contributed by atoms with E-state index >= 15 is 0 Å². The summed E-state index contributed by atoms with van der Waals surface area (Å²) in [5, 5.41) is 0. The van der Waals surface area contributed by atoms with Gasteiger partial charge in [-0.3, -0.25) is 4.79 Å². The normalized spacial score (nSPS) is 33.8. The second kappa shape index (κ2) is 6.34. The highest BCUT2D eigenvalue weighted by Gasteiger charge is 2.57. The number of carbonyl (C=O) groups is 1. The molecule has 1 aromatic rings. The third-order valence-electron chi connectivity index (χ3n) is 6.74. The Balaban J connectivity index is 1.66. The number of nitrogens with one attached hydrogen (secondary N) is 1. The quantitative estimate of drug-likeness (QED) is 0.801. The van der Waals surface area contributed by atoms with Crippen LogP contribution in [-0.4, -0.2) is 27.5 Å². The molecule has 4 aliphatic carbocycles. The van der Waals surface area contributed by atoms with Gasteiger partial charge in [0, 0.05) is 0 Å². The number of sulfonamides is 1. The molecule has 5 nitrogen and oxygen atoms in total. The summed E-state index contributed by atoms with van der Waals surface area (Å²) in [4.78, 5) is 12.8. The van der Waals surface area contributed by atoms with Gasteiger partial charge in [-0.2, -0.15) is 4.72 Å². The van der Waals surface area contributed by atoms with Crippen molar-refractivity contribution in [2.24, 2.45) is 23.2 Å². The molecule has 0 heterocycles. The molecule has 6 heteroatoms. The Bertz CT molecular complexity index is 764. The molecule has 4 saturated carbocycles. The number of esters is 1. The Kier molecular flexibility index (Phi) is 4.39. The average molecular weight is 378 g/mol. The van der Waals surface area contributed by atoms with Crippen LogP contribution in [0.4, 0.5) is 0 Å². The average Bonchev–Trinajstić information content (AvgIpc) is 2.58. The fourth-order valence-electron chi connectivity index (χ4n) is 6.01. The van der Waals surface area contributed by atoms with Crippen LogP contribution in [0.25, 0.3) is 0 Å². The van der Waals surface area contributed by atoms with E-state index in [1.54, 1.807) is 24.3 Å². The Morgan fingerprint density at radius 1 is 1.08 bits per heavy atom. The van der Waals surface area contributed by atoms with Gasteiger partial charge in [0.2, 0.25) is 10.0 Å². The number of ether oxygens (including phenoxy) is 1. The lowest BCUT2D eigenvalue weighted by Gasteiger charge is -2.58. The molecule has 0 spiro atoms. The van der Waals surface area contributed by atoms with Crippen molar-refractivity contribution in [3.05, 3.63) is 29.8 Å². The van der Waals surface area contributed by atoms with Crippen LogP contribution in [0.1, 0.15) is 44.1 Å². The lowest BCUT2D eigenvalue weighted by Crippen LogP contribution is -2.60. The van der Waals surface area contributed by atoms with Gasteiger partial charge in [0.05, 0.1) is 12.0 Å². The topological polar surface area (TPSA) is 72.5 Å². The van der Waals surface area contributed by atoms with Crippen molar-refractivity contribution >= 4 is 16.0 Å². The molecule has 1 atom stereocenters. The lowest BCUT2D eigenvalue weighted by atomic mass is 9.48. The highest BCUT2D eigenvalue weighted by atomic mass is 32.2. The molecule has 1 aromatic carbocycles. The number of hydrogen-bond donors (Lipinski definition) is 1. The fourth-order valence-corrected chi connectivity index (χ4v) is 7.30. The highest BCUT2D eigenvalue weighted by Crippen LogP contribution is 2.61. The molecule has 0 aromatic heterocycles. The molecule has 0 amide bonds. The van der Waals surface area contributed by atoms with Gasteiger partial charge in [-0.15, -0.1) is 0 Å². The monoisotopic (exact) mass is 377 g/mol. The van der Waals surface area contributed by atoms with Crippen molar-refractivity contribution < 1.29 is 17.9 Å². The molecule has 1 N–H and O–H groups in total. The third-order valence-corrected chi connectivity index (χ3v) is 8.18. The van der Waals surface area contributed by atoms with Crippen molar-refractivity contribution in [2.45, 2.75) is 56.4 Å². The molecule has 0 saturated heterocycles. The molecule has 0 aliphatic heterocycles. The van der Waals surface area contributed by atoms with E-state index in [1.165, 1.54) is 26.4 Å². The largest absolute Gasteiger partial charge is 0.468 e. The molecule has 4 bridgehead atoms. The standard InChI is InChI=1S/C20H27NO4S/c1-13-3-5-17(6-4-13)26(23,24)21-18(19(22)25-2)20-10-14-7-15(11-20)9-16(8-14)12-20/h3-6,14-16,18,21H,7-12H2,1-2H3/t14?,15?,16?,18-,20?/m0/s1. The zero-order valence-electron chi connectivity index (χ0n) is 15.4. The first-order valence-corrected chi connectivity index (χ1v) is 11.0. The zero-order valence-corrected chi connectivity index (χ0v) is 16.2. The smallest absolute Gasteiger partial charge is 0.324 e. The SMILES string of the molecule is COC(=O)[C@H](NS(=O)(=O)c1ccc(C)cc1)C12CC3CC(CC(C3)C1)C2. The van der Waals surface area contributed by atoms with Crippen LogP contribution in [0.15, 0.2) is 29.2 Å². The predicted molar refractivity (Wildman–Crippen MR) is 97.9 cm³/mol. The van der Waals surface area contributed by atoms with Crippen LogP contribution in [-0.2, 0) is 19.6 Å². The summed E-state index contributed by atoms with van der Waals surface area (Å²) in [6.07, 6.45) is 6.48. The summed E-state index contributed by atoms with van der Waals surface area (Å²) in [5.41, 5.74) is 0.703. The number of aryl methyl sites for hydroxylation is 1. The summed E-state index contributed by atoms with van der Waals surface area (Å²) >= 11 is 0. The lowest BCUT2D eigenvalue weighted by molar-refractivity contribution is -0.153. The maximum absolute atomic E-state index is 12.9. The summed E-state index contributed by atoms with van der Waals surface area (Å²) in [5.74, 6) is 1.41. The summed E-state index contributed by atoms with van der Waals surface area (Å²) < 4.78 is 33.7. The van der Waals surface area contributed by atoms with E-state index in [4.69, 9.17) is 4.74 Å². The van der Waals surface area contributed by atoms with E-state index < -0.39 is 22.0 Å². The first kappa shape index (κ1) is 18.0. The van der Waals surface area contributed by atoms with Gasteiger partial charge in [0.25, 0.3) is 0 Å². The molecule has 0 unspecified atom stereocenters. The highest BCUT2D eigenvalue weighted by molar-refractivity contribution is 7.89. The van der Waals surface area contributed by atoms with Crippen LogP contribution in [0.5, 0.6) is 0 Å². The zero-order chi connectivity index (χ0) is 18.5. The minimum absolute atomic E-state index is 0.196. The molecule has 26 heavy (non-hydrogen) atoms. The molecule has 5 rings (SSSR count). The molecular weight excluding hydrogens is 350 g/mol. The fraction of sp³-hybridized carbons (Fsp3) is 0.650. The van der Waals surface area contributed by atoms with Gasteiger partial charge >= 0.3 is 5.97 Å². The Morgan fingerprint density at radius 3 is 2.04 bits per heavy atom. The van der Waals surface area contributed by atoms with Crippen LogP contribution in [0, 0.1) is 30.1 Å². The first-order valence-electron chi connectivity index (χ1n) is 9.48. The third kappa shape index (κ3) is 3.07. The van der Waals surface area contributed by atoms with Crippen molar-refractivity contribution in [2.75, 3.05) is 7.11 Å². The molecule has 142 valence electrons. The number of rotatable bonds is 5. The summed E-state index contributed by atoms with van der Waals surface area (Å²) in [6.45, 7) is 1.91. The molecule has 4 aliphatic rings. The molecular formula is C20H27NO4S. The van der Waals surface area contributed by atoms with E-state index in [9.17, 15) is 13.2 Å². The van der Waals surface area contributed by atoms with Gasteiger partial charge in [0.1, 0.15) is 6.04 Å².